The maximum atomic E-state index is 5.45. The highest BCUT2D eigenvalue weighted by Crippen LogP contribution is 2.24. The summed E-state index contributed by atoms with van der Waals surface area (Å²) in [5.74, 6) is 2.67. The summed E-state index contributed by atoms with van der Waals surface area (Å²) in [5, 5.41) is 7.41. The molecule has 1 fully saturated rings. The summed E-state index contributed by atoms with van der Waals surface area (Å²) in [6, 6.07) is 3.95. The van der Waals surface area contributed by atoms with Crippen molar-refractivity contribution >= 4 is 0 Å². The second kappa shape index (κ2) is 4.33. The van der Waals surface area contributed by atoms with E-state index in [-0.39, 0.29) is 6.04 Å². The highest BCUT2D eigenvalue weighted by atomic mass is 16.5. The van der Waals surface area contributed by atoms with Crippen LogP contribution in [-0.2, 0) is 0 Å². The fraction of sp³-hybridized carbons (Fsp3) is 0.500. The Morgan fingerprint density at radius 1 is 1.35 bits per heavy atom. The van der Waals surface area contributed by atoms with Crippen molar-refractivity contribution in [2.24, 2.45) is 0 Å². The van der Waals surface area contributed by atoms with E-state index in [9.17, 15) is 0 Å². The predicted molar refractivity (Wildman–Crippen MR) is 61.3 cm³/mol. The Morgan fingerprint density at radius 2 is 2.29 bits per heavy atom. The van der Waals surface area contributed by atoms with Gasteiger partial charge in [0.1, 0.15) is 5.76 Å². The Balaban J connectivity index is 1.82. The van der Waals surface area contributed by atoms with Crippen LogP contribution < -0.4 is 5.32 Å². The molecule has 3 rings (SSSR count). The Morgan fingerprint density at radius 3 is 3.00 bits per heavy atom. The van der Waals surface area contributed by atoms with Crippen LogP contribution in [0.3, 0.4) is 0 Å². The standard InChI is InChI=1S/C12H15N3O2/c1-8-5-6-10(16-8)12-14-11(15-17-12)9-4-2-3-7-13-9/h5-6,9,13H,2-4,7H2,1H3. The van der Waals surface area contributed by atoms with Crippen LogP contribution in [0.25, 0.3) is 11.7 Å². The minimum absolute atomic E-state index is 0.220. The summed E-state index contributed by atoms with van der Waals surface area (Å²) in [6.45, 7) is 2.91. The van der Waals surface area contributed by atoms with Gasteiger partial charge in [-0.3, -0.25) is 0 Å². The summed E-state index contributed by atoms with van der Waals surface area (Å²) in [6.07, 6.45) is 3.50. The molecule has 5 heteroatoms. The molecule has 1 aliphatic heterocycles. The molecule has 0 radical (unpaired) electrons. The first-order valence-electron chi connectivity index (χ1n) is 5.97. The monoisotopic (exact) mass is 233 g/mol. The van der Waals surface area contributed by atoms with E-state index in [4.69, 9.17) is 8.94 Å². The van der Waals surface area contributed by atoms with Crippen molar-refractivity contribution in [3.05, 3.63) is 23.7 Å². The van der Waals surface area contributed by atoms with Gasteiger partial charge >= 0.3 is 0 Å². The van der Waals surface area contributed by atoms with E-state index in [1.54, 1.807) is 0 Å². The van der Waals surface area contributed by atoms with Crippen LogP contribution in [0.1, 0.15) is 36.9 Å². The number of aromatic nitrogens is 2. The third-order valence-electron chi connectivity index (χ3n) is 3.01. The van der Waals surface area contributed by atoms with Crippen LogP contribution in [0.2, 0.25) is 0 Å². The predicted octanol–water partition coefficient (Wildman–Crippen LogP) is 2.45. The zero-order valence-electron chi connectivity index (χ0n) is 9.77. The number of furan rings is 1. The number of nitrogens with zero attached hydrogens (tertiary/aromatic N) is 2. The summed E-state index contributed by atoms with van der Waals surface area (Å²) >= 11 is 0. The largest absolute Gasteiger partial charge is 0.456 e. The average Bonchev–Trinajstić information content (AvgIpc) is 2.98. The second-order valence-corrected chi connectivity index (χ2v) is 4.37. The van der Waals surface area contributed by atoms with Crippen molar-refractivity contribution in [2.75, 3.05) is 6.54 Å². The van der Waals surface area contributed by atoms with Gasteiger partial charge < -0.3 is 14.3 Å². The highest BCUT2D eigenvalue weighted by Gasteiger charge is 2.21. The van der Waals surface area contributed by atoms with E-state index in [1.807, 2.05) is 19.1 Å². The van der Waals surface area contributed by atoms with Gasteiger partial charge in [-0.2, -0.15) is 4.98 Å². The topological polar surface area (TPSA) is 64.1 Å². The zero-order chi connectivity index (χ0) is 11.7. The summed E-state index contributed by atoms with van der Waals surface area (Å²) in [4.78, 5) is 4.38. The van der Waals surface area contributed by atoms with Gasteiger partial charge in [-0.05, 0) is 38.4 Å². The fourth-order valence-corrected chi connectivity index (χ4v) is 2.10. The van der Waals surface area contributed by atoms with E-state index in [1.165, 1.54) is 12.8 Å². The molecule has 0 aliphatic carbocycles. The first kappa shape index (κ1) is 10.5. The molecule has 17 heavy (non-hydrogen) atoms. The molecule has 0 spiro atoms. The second-order valence-electron chi connectivity index (χ2n) is 4.37. The number of hydrogen-bond donors (Lipinski definition) is 1. The van der Waals surface area contributed by atoms with Crippen LogP contribution in [0.15, 0.2) is 21.1 Å². The number of piperidine rings is 1. The van der Waals surface area contributed by atoms with Crippen molar-refractivity contribution in [3.63, 3.8) is 0 Å². The van der Waals surface area contributed by atoms with Gasteiger partial charge in [0.15, 0.2) is 11.6 Å². The molecule has 2 aromatic rings. The van der Waals surface area contributed by atoms with Crippen molar-refractivity contribution in [2.45, 2.75) is 32.2 Å². The molecule has 3 heterocycles. The highest BCUT2D eigenvalue weighted by molar-refractivity contribution is 5.44. The lowest BCUT2D eigenvalue weighted by Crippen LogP contribution is -2.27. The lowest BCUT2D eigenvalue weighted by Gasteiger charge is -2.19. The number of nitrogens with one attached hydrogen (secondary N) is 1. The smallest absolute Gasteiger partial charge is 0.293 e. The molecule has 0 aromatic carbocycles. The first-order valence-corrected chi connectivity index (χ1v) is 5.97. The van der Waals surface area contributed by atoms with Crippen molar-refractivity contribution in [3.8, 4) is 11.7 Å². The van der Waals surface area contributed by atoms with Crippen LogP contribution in [-0.4, -0.2) is 16.7 Å². The van der Waals surface area contributed by atoms with Crippen LogP contribution in [0.4, 0.5) is 0 Å². The Hall–Kier alpha value is -1.62. The van der Waals surface area contributed by atoms with Gasteiger partial charge in [-0.1, -0.05) is 11.6 Å². The molecule has 1 unspecified atom stereocenters. The number of rotatable bonds is 2. The van der Waals surface area contributed by atoms with Gasteiger partial charge in [0.05, 0.1) is 6.04 Å². The van der Waals surface area contributed by atoms with Crippen molar-refractivity contribution in [1.82, 2.24) is 15.5 Å². The van der Waals surface area contributed by atoms with Crippen molar-refractivity contribution < 1.29 is 8.94 Å². The maximum absolute atomic E-state index is 5.45. The van der Waals surface area contributed by atoms with E-state index in [0.717, 1.165) is 24.6 Å². The Kier molecular flexibility index (Phi) is 2.68. The zero-order valence-corrected chi connectivity index (χ0v) is 9.77. The third kappa shape index (κ3) is 2.10. The molecule has 1 atom stereocenters. The normalized spacial score (nSPS) is 20.6. The van der Waals surface area contributed by atoms with Gasteiger partial charge in [0.25, 0.3) is 5.89 Å². The Bertz CT molecular complexity index is 497. The third-order valence-corrected chi connectivity index (χ3v) is 3.01. The Labute approximate surface area is 99.2 Å². The quantitative estimate of drug-likeness (QED) is 0.863. The molecule has 90 valence electrons. The fourth-order valence-electron chi connectivity index (χ4n) is 2.10. The molecular weight excluding hydrogens is 218 g/mol. The molecule has 0 bridgehead atoms. The molecule has 0 amide bonds. The number of hydrogen-bond acceptors (Lipinski definition) is 5. The van der Waals surface area contributed by atoms with Crippen LogP contribution >= 0.6 is 0 Å². The maximum Gasteiger partial charge on any atom is 0.293 e. The van der Waals surface area contributed by atoms with Gasteiger partial charge in [0, 0.05) is 0 Å². The van der Waals surface area contributed by atoms with Gasteiger partial charge in [0.2, 0.25) is 0 Å². The van der Waals surface area contributed by atoms with Gasteiger partial charge in [-0.25, -0.2) is 0 Å². The minimum Gasteiger partial charge on any atom is -0.456 e. The molecule has 1 aliphatic rings. The SMILES string of the molecule is Cc1ccc(-c2nc(C3CCCCN3)no2)o1. The van der Waals surface area contributed by atoms with Crippen LogP contribution in [0.5, 0.6) is 0 Å². The molecular formula is C12H15N3O2. The minimum atomic E-state index is 0.220. The van der Waals surface area contributed by atoms with E-state index in [0.29, 0.717) is 11.7 Å². The van der Waals surface area contributed by atoms with E-state index in [2.05, 4.69) is 15.5 Å². The van der Waals surface area contributed by atoms with Gasteiger partial charge in [-0.15, -0.1) is 0 Å². The molecule has 2 aromatic heterocycles. The lowest BCUT2D eigenvalue weighted by atomic mass is 10.0. The van der Waals surface area contributed by atoms with E-state index >= 15 is 0 Å². The first-order chi connectivity index (χ1) is 8.33. The van der Waals surface area contributed by atoms with Crippen LogP contribution in [0, 0.1) is 6.92 Å². The summed E-state index contributed by atoms with van der Waals surface area (Å²) in [5.41, 5.74) is 0. The molecule has 1 saturated heterocycles. The summed E-state index contributed by atoms with van der Waals surface area (Å²) < 4.78 is 10.7. The lowest BCUT2D eigenvalue weighted by molar-refractivity contribution is 0.363. The average molecular weight is 233 g/mol. The molecule has 0 saturated carbocycles. The van der Waals surface area contributed by atoms with E-state index < -0.39 is 0 Å². The summed E-state index contributed by atoms with van der Waals surface area (Å²) in [7, 11) is 0. The number of aryl methyl sites for hydroxylation is 1. The molecule has 5 nitrogen and oxygen atoms in total. The van der Waals surface area contributed by atoms with Crippen molar-refractivity contribution in [1.29, 1.82) is 0 Å². The molecule has 1 N–H and O–H groups in total.